The van der Waals surface area contributed by atoms with E-state index in [1.54, 1.807) is 0 Å². The second-order valence-electron chi connectivity index (χ2n) is 5.71. The van der Waals surface area contributed by atoms with E-state index in [-0.39, 0.29) is 12.1 Å². The third-order valence-electron chi connectivity index (χ3n) is 3.74. The van der Waals surface area contributed by atoms with E-state index in [2.05, 4.69) is 25.9 Å². The molecule has 0 aliphatic heterocycles. The van der Waals surface area contributed by atoms with Gasteiger partial charge in [-0.2, -0.15) is 0 Å². The monoisotopic (exact) mass is 355 g/mol. The molecule has 2 N–H and O–H groups in total. The molecule has 0 spiro atoms. The Morgan fingerprint density at radius 1 is 1.19 bits per heavy atom. The van der Waals surface area contributed by atoms with Gasteiger partial charge in [-0.05, 0) is 12.5 Å². The predicted molar refractivity (Wildman–Crippen MR) is 92.5 cm³/mol. The number of rotatable bonds is 4. The summed E-state index contributed by atoms with van der Waals surface area (Å²) >= 11 is 0. The van der Waals surface area contributed by atoms with Crippen LogP contribution < -0.4 is 16.2 Å². The summed E-state index contributed by atoms with van der Waals surface area (Å²) < 4.78 is 2.60. The minimum Gasteiger partial charge on any atom is -0.341 e. The van der Waals surface area contributed by atoms with Gasteiger partial charge in [0.15, 0.2) is 11.2 Å². The Hall–Kier alpha value is -3.56. The van der Waals surface area contributed by atoms with E-state index in [9.17, 15) is 14.4 Å². The summed E-state index contributed by atoms with van der Waals surface area (Å²) in [6, 6.07) is 7.25. The number of carbonyl (C=O) groups is 2. The number of nitrogens with one attached hydrogen (secondary N) is 2. The lowest BCUT2D eigenvalue weighted by atomic mass is 10.1. The highest BCUT2D eigenvalue weighted by atomic mass is 16.2. The van der Waals surface area contributed by atoms with Gasteiger partial charge < -0.3 is 5.32 Å². The minimum atomic E-state index is -0.652. The van der Waals surface area contributed by atoms with Crippen LogP contribution in [0.15, 0.2) is 35.4 Å². The predicted octanol–water partition coefficient (Wildman–Crippen LogP) is -0.200. The first-order chi connectivity index (χ1) is 12.5. The van der Waals surface area contributed by atoms with E-state index in [4.69, 9.17) is 0 Å². The number of carbonyl (C=O) groups excluding carboxylic acids is 2. The molecule has 0 unspecified atom stereocenters. The average molecular weight is 355 g/mol. The number of imide groups is 1. The molecule has 26 heavy (non-hydrogen) atoms. The van der Waals surface area contributed by atoms with Gasteiger partial charge in [0.1, 0.15) is 12.9 Å². The molecule has 10 heteroatoms. The van der Waals surface area contributed by atoms with Gasteiger partial charge in [0, 0.05) is 7.05 Å². The van der Waals surface area contributed by atoms with Crippen LogP contribution in [0.25, 0.3) is 11.2 Å². The highest BCUT2D eigenvalue weighted by Crippen LogP contribution is 2.08. The minimum absolute atomic E-state index is 0.0624. The van der Waals surface area contributed by atoms with Gasteiger partial charge in [-0.15, -0.1) is 5.10 Å². The van der Waals surface area contributed by atoms with Crippen LogP contribution in [0.4, 0.5) is 4.79 Å². The Morgan fingerprint density at radius 3 is 2.62 bits per heavy atom. The normalized spacial score (nSPS) is 10.7. The number of hydrogen-bond donors (Lipinski definition) is 2. The zero-order valence-corrected chi connectivity index (χ0v) is 14.3. The quantitative estimate of drug-likeness (QED) is 0.668. The molecular weight excluding hydrogens is 338 g/mol. The molecule has 0 saturated heterocycles. The van der Waals surface area contributed by atoms with Crippen molar-refractivity contribution in [3.63, 3.8) is 0 Å². The fourth-order valence-corrected chi connectivity index (χ4v) is 2.36. The maximum absolute atomic E-state index is 12.5. The van der Waals surface area contributed by atoms with E-state index in [0.29, 0.717) is 12.2 Å². The summed E-state index contributed by atoms with van der Waals surface area (Å²) in [5.74, 6) is -0.639. The number of aromatic nitrogens is 5. The molecule has 1 aromatic carbocycles. The van der Waals surface area contributed by atoms with Crippen LogP contribution >= 0.6 is 0 Å². The molecule has 0 atom stereocenters. The summed E-state index contributed by atoms with van der Waals surface area (Å²) in [5, 5.41) is 12.2. The summed E-state index contributed by atoms with van der Waals surface area (Å²) in [4.78, 5) is 39.5. The molecular formula is C16H17N7O3. The van der Waals surface area contributed by atoms with E-state index >= 15 is 0 Å². The van der Waals surface area contributed by atoms with Crippen molar-refractivity contribution in [1.29, 1.82) is 0 Å². The molecule has 0 bridgehead atoms. The Morgan fingerprint density at radius 2 is 1.92 bits per heavy atom. The van der Waals surface area contributed by atoms with Gasteiger partial charge in [0.25, 0.3) is 5.56 Å². The highest BCUT2D eigenvalue weighted by molar-refractivity contribution is 5.94. The number of urea groups is 1. The Bertz CT molecular complexity index is 1020. The zero-order valence-electron chi connectivity index (χ0n) is 14.3. The van der Waals surface area contributed by atoms with Gasteiger partial charge in [-0.3, -0.25) is 19.5 Å². The summed E-state index contributed by atoms with van der Waals surface area (Å²) in [5.41, 5.74) is 2.04. The molecule has 10 nitrogen and oxygen atoms in total. The van der Waals surface area contributed by atoms with Crippen molar-refractivity contribution in [2.24, 2.45) is 0 Å². The van der Waals surface area contributed by atoms with Gasteiger partial charge in [-0.25, -0.2) is 14.5 Å². The van der Waals surface area contributed by atoms with Crippen LogP contribution in [-0.2, 0) is 17.9 Å². The van der Waals surface area contributed by atoms with Crippen LogP contribution in [0.5, 0.6) is 0 Å². The molecule has 3 aromatic rings. The molecule has 2 heterocycles. The third kappa shape index (κ3) is 3.58. The fourth-order valence-electron chi connectivity index (χ4n) is 2.36. The molecule has 0 fully saturated rings. The summed E-state index contributed by atoms with van der Waals surface area (Å²) in [6.07, 6.45) is 1.24. The Labute approximate surface area is 147 Å². The number of aryl methyl sites for hydroxylation is 1. The molecule has 134 valence electrons. The van der Waals surface area contributed by atoms with E-state index in [1.165, 1.54) is 18.1 Å². The first-order valence-corrected chi connectivity index (χ1v) is 7.83. The molecule has 0 saturated carbocycles. The van der Waals surface area contributed by atoms with Crippen LogP contribution in [-0.4, -0.2) is 43.5 Å². The van der Waals surface area contributed by atoms with Gasteiger partial charge in [0.2, 0.25) is 5.91 Å². The van der Waals surface area contributed by atoms with Crippen molar-refractivity contribution in [3.05, 3.63) is 52.1 Å². The second-order valence-corrected chi connectivity index (χ2v) is 5.71. The first kappa shape index (κ1) is 17.3. The lowest BCUT2D eigenvalue weighted by Gasteiger charge is -2.06. The van der Waals surface area contributed by atoms with Crippen molar-refractivity contribution in [1.82, 2.24) is 35.2 Å². The molecule has 0 aliphatic carbocycles. The Balaban J connectivity index is 1.84. The zero-order chi connectivity index (χ0) is 18.7. The fraction of sp³-hybridized carbons (Fsp3) is 0.250. The number of fused-ring (bicyclic) bond motifs is 1. The van der Waals surface area contributed by atoms with E-state index in [1.807, 2.05) is 31.2 Å². The van der Waals surface area contributed by atoms with Crippen LogP contribution in [0, 0.1) is 6.92 Å². The SMILES string of the molecule is CNC(=O)NC(=O)Cn1cnc2c(nnn2Cc2ccc(C)cc2)c1=O. The highest BCUT2D eigenvalue weighted by Gasteiger charge is 2.14. The number of benzene rings is 1. The number of amides is 3. The summed E-state index contributed by atoms with van der Waals surface area (Å²) in [6.45, 7) is 2.07. The van der Waals surface area contributed by atoms with Crippen LogP contribution in [0.2, 0.25) is 0 Å². The van der Waals surface area contributed by atoms with Gasteiger partial charge >= 0.3 is 6.03 Å². The third-order valence-corrected chi connectivity index (χ3v) is 3.74. The van der Waals surface area contributed by atoms with E-state index < -0.39 is 17.5 Å². The number of hydrogen-bond acceptors (Lipinski definition) is 6. The first-order valence-electron chi connectivity index (χ1n) is 7.83. The smallest absolute Gasteiger partial charge is 0.321 e. The van der Waals surface area contributed by atoms with Crippen molar-refractivity contribution in [2.75, 3.05) is 7.05 Å². The maximum Gasteiger partial charge on any atom is 0.321 e. The van der Waals surface area contributed by atoms with Gasteiger partial charge in [-0.1, -0.05) is 35.0 Å². The van der Waals surface area contributed by atoms with Crippen molar-refractivity contribution in [3.8, 4) is 0 Å². The maximum atomic E-state index is 12.5. The number of nitrogens with zero attached hydrogens (tertiary/aromatic N) is 5. The average Bonchev–Trinajstić information content (AvgIpc) is 3.03. The lowest BCUT2D eigenvalue weighted by molar-refractivity contribution is -0.120. The Kier molecular flexibility index (Phi) is 4.74. The second kappa shape index (κ2) is 7.13. The van der Waals surface area contributed by atoms with Crippen molar-refractivity contribution >= 4 is 23.1 Å². The van der Waals surface area contributed by atoms with Crippen LogP contribution in [0.1, 0.15) is 11.1 Å². The summed E-state index contributed by atoms with van der Waals surface area (Å²) in [7, 11) is 1.38. The van der Waals surface area contributed by atoms with E-state index in [0.717, 1.165) is 15.7 Å². The largest absolute Gasteiger partial charge is 0.341 e. The van der Waals surface area contributed by atoms with Gasteiger partial charge in [0.05, 0.1) is 6.54 Å². The standard InChI is InChI=1S/C16H17N7O3/c1-10-3-5-11(6-4-10)7-23-14-13(20-21-23)15(25)22(9-18-14)8-12(24)19-16(26)17-2/h3-6,9H,7-8H2,1-2H3,(H2,17,19,24,26). The molecule has 0 radical (unpaired) electrons. The van der Waals surface area contributed by atoms with Crippen LogP contribution in [0.3, 0.4) is 0 Å². The lowest BCUT2D eigenvalue weighted by Crippen LogP contribution is -2.40. The van der Waals surface area contributed by atoms with Crippen molar-refractivity contribution in [2.45, 2.75) is 20.0 Å². The van der Waals surface area contributed by atoms with Crippen molar-refractivity contribution < 1.29 is 9.59 Å². The topological polar surface area (TPSA) is 124 Å². The molecule has 3 amide bonds. The molecule has 3 rings (SSSR count). The molecule has 0 aliphatic rings. The molecule has 2 aromatic heterocycles.